The zero-order valence-electron chi connectivity index (χ0n) is 15.5. The average molecular weight is 360 g/mol. The Morgan fingerprint density at radius 1 is 1.17 bits per heavy atom. The van der Waals surface area contributed by atoms with E-state index in [1.54, 1.807) is 13.8 Å². The highest BCUT2D eigenvalue weighted by Gasteiger charge is 2.44. The molecule has 2 aliphatic rings. The molecule has 0 aromatic rings. The predicted octanol–water partition coefficient (Wildman–Crippen LogP) is 2.29. The largest absolute Gasteiger partial charge is 0.381 e. The molecule has 0 N–H and O–H groups in total. The van der Waals surface area contributed by atoms with Crippen molar-refractivity contribution in [3.63, 3.8) is 0 Å². The number of nitrogens with zero attached hydrogens (tertiary/aromatic N) is 1. The molecule has 1 aliphatic carbocycles. The maximum Gasteiger partial charge on any atom is 0.152 e. The number of hydrogen-bond donors (Lipinski definition) is 0. The molecule has 0 aromatic carbocycles. The molecule has 1 saturated carbocycles. The van der Waals surface area contributed by atoms with Crippen LogP contribution < -0.4 is 0 Å². The van der Waals surface area contributed by atoms with Gasteiger partial charge in [-0.05, 0) is 45.1 Å². The van der Waals surface area contributed by atoms with Gasteiger partial charge < -0.3 is 4.74 Å². The third kappa shape index (κ3) is 4.20. The standard InChI is InChI=1S/C18H33NO4S/c1-5-19(15-7-9-23-10-8-15)18-12-16(24(21,22)6-2)11-17(13(18)3)14(4)20/h13,15-18H,5-12H2,1-4H3. The van der Waals surface area contributed by atoms with Crippen LogP contribution >= 0.6 is 0 Å². The van der Waals surface area contributed by atoms with Crippen molar-refractivity contribution in [1.29, 1.82) is 0 Å². The van der Waals surface area contributed by atoms with E-state index in [-0.39, 0.29) is 34.7 Å². The molecule has 6 heteroatoms. The van der Waals surface area contributed by atoms with Gasteiger partial charge >= 0.3 is 0 Å². The summed E-state index contributed by atoms with van der Waals surface area (Å²) in [5.74, 6) is 0.344. The number of ether oxygens (including phenoxy) is 1. The van der Waals surface area contributed by atoms with Crippen LogP contribution in [0.2, 0.25) is 0 Å². The van der Waals surface area contributed by atoms with Crippen LogP contribution in [0.3, 0.4) is 0 Å². The van der Waals surface area contributed by atoms with Gasteiger partial charge in [0.1, 0.15) is 5.78 Å². The molecule has 0 amide bonds. The minimum absolute atomic E-state index is 0.131. The molecule has 0 spiro atoms. The first-order valence-corrected chi connectivity index (χ1v) is 11.1. The van der Waals surface area contributed by atoms with Crippen molar-refractivity contribution in [2.24, 2.45) is 11.8 Å². The molecule has 4 unspecified atom stereocenters. The lowest BCUT2D eigenvalue weighted by atomic mass is 9.73. The van der Waals surface area contributed by atoms with Crippen molar-refractivity contribution in [2.75, 3.05) is 25.5 Å². The molecule has 2 rings (SSSR count). The number of rotatable bonds is 6. The summed E-state index contributed by atoms with van der Waals surface area (Å²) in [6.07, 6.45) is 3.14. The number of carbonyl (C=O) groups excluding carboxylic acids is 1. The second-order valence-electron chi connectivity index (χ2n) is 7.36. The summed E-state index contributed by atoms with van der Waals surface area (Å²) in [5.41, 5.74) is 0. The first-order valence-electron chi connectivity index (χ1n) is 9.37. The van der Waals surface area contributed by atoms with E-state index in [0.717, 1.165) is 32.6 Å². The average Bonchev–Trinajstić information content (AvgIpc) is 2.57. The molecule has 2 fully saturated rings. The number of ketones is 1. The van der Waals surface area contributed by atoms with Crippen LogP contribution in [0.15, 0.2) is 0 Å². The van der Waals surface area contributed by atoms with Gasteiger partial charge in [0.25, 0.3) is 0 Å². The van der Waals surface area contributed by atoms with E-state index >= 15 is 0 Å². The highest BCUT2D eigenvalue weighted by Crippen LogP contribution is 2.38. The summed E-state index contributed by atoms with van der Waals surface area (Å²) in [4.78, 5) is 14.6. The Labute approximate surface area is 147 Å². The summed E-state index contributed by atoms with van der Waals surface area (Å²) >= 11 is 0. The van der Waals surface area contributed by atoms with E-state index in [1.807, 2.05) is 0 Å². The molecule has 140 valence electrons. The molecular formula is C18H33NO4S. The van der Waals surface area contributed by atoms with E-state index < -0.39 is 9.84 Å². The molecular weight excluding hydrogens is 326 g/mol. The van der Waals surface area contributed by atoms with Gasteiger partial charge in [0.15, 0.2) is 9.84 Å². The maximum absolute atomic E-state index is 12.5. The first kappa shape index (κ1) is 19.9. The Hall–Kier alpha value is -0.460. The Morgan fingerprint density at radius 3 is 2.29 bits per heavy atom. The molecule has 0 radical (unpaired) electrons. The Kier molecular flexibility index (Phi) is 6.85. The summed E-state index contributed by atoms with van der Waals surface area (Å²) in [7, 11) is -3.12. The van der Waals surface area contributed by atoms with Crippen LogP contribution in [-0.2, 0) is 19.4 Å². The van der Waals surface area contributed by atoms with E-state index in [0.29, 0.717) is 18.9 Å². The fourth-order valence-corrected chi connectivity index (χ4v) is 6.09. The topological polar surface area (TPSA) is 63.7 Å². The third-order valence-electron chi connectivity index (χ3n) is 6.15. The van der Waals surface area contributed by atoms with Crippen LogP contribution in [0.25, 0.3) is 0 Å². The van der Waals surface area contributed by atoms with Crippen LogP contribution in [0.5, 0.6) is 0 Å². The van der Waals surface area contributed by atoms with Gasteiger partial charge in [-0.15, -0.1) is 0 Å². The molecule has 0 bridgehead atoms. The highest BCUT2D eigenvalue weighted by atomic mass is 32.2. The third-order valence-corrected chi connectivity index (χ3v) is 8.35. The van der Waals surface area contributed by atoms with Gasteiger partial charge in [0.2, 0.25) is 0 Å². The number of carbonyl (C=O) groups is 1. The quantitative estimate of drug-likeness (QED) is 0.728. The fourth-order valence-electron chi connectivity index (χ4n) is 4.63. The van der Waals surface area contributed by atoms with Gasteiger partial charge in [-0.1, -0.05) is 20.8 Å². The van der Waals surface area contributed by atoms with Crippen LogP contribution in [0.4, 0.5) is 0 Å². The number of hydrogen-bond acceptors (Lipinski definition) is 5. The van der Waals surface area contributed by atoms with Crippen LogP contribution in [-0.4, -0.2) is 61.9 Å². The lowest BCUT2D eigenvalue weighted by Crippen LogP contribution is -2.55. The molecule has 0 aromatic heterocycles. The zero-order chi connectivity index (χ0) is 17.9. The second kappa shape index (κ2) is 8.28. The van der Waals surface area contributed by atoms with Crippen molar-refractivity contribution >= 4 is 15.6 Å². The van der Waals surface area contributed by atoms with E-state index in [9.17, 15) is 13.2 Å². The lowest BCUT2D eigenvalue weighted by molar-refractivity contribution is -0.125. The van der Waals surface area contributed by atoms with Crippen molar-refractivity contribution in [2.45, 2.75) is 70.7 Å². The molecule has 5 nitrogen and oxygen atoms in total. The minimum atomic E-state index is -3.12. The van der Waals surface area contributed by atoms with E-state index in [2.05, 4.69) is 18.7 Å². The van der Waals surface area contributed by atoms with Gasteiger partial charge in [0, 0.05) is 37.0 Å². The summed E-state index contributed by atoms with van der Waals surface area (Å²) < 4.78 is 30.5. The van der Waals surface area contributed by atoms with E-state index in [4.69, 9.17) is 4.74 Å². The normalized spacial score (nSPS) is 32.9. The molecule has 1 heterocycles. The van der Waals surface area contributed by atoms with Crippen molar-refractivity contribution in [3.8, 4) is 0 Å². The SMILES string of the molecule is CCN(C1CCOCC1)C1CC(S(=O)(=O)CC)CC(C(C)=O)C1C. The van der Waals surface area contributed by atoms with Gasteiger partial charge in [0.05, 0.1) is 5.25 Å². The van der Waals surface area contributed by atoms with Crippen molar-refractivity contribution in [3.05, 3.63) is 0 Å². The predicted molar refractivity (Wildman–Crippen MR) is 95.8 cm³/mol. The Bertz CT molecular complexity index is 527. The first-order chi connectivity index (χ1) is 11.3. The van der Waals surface area contributed by atoms with E-state index in [1.165, 1.54) is 0 Å². The number of Topliss-reactive ketones (excluding diaryl/α,β-unsaturated/α-hetero) is 1. The summed E-state index contributed by atoms with van der Waals surface area (Å²) in [6, 6.07) is 0.596. The maximum atomic E-state index is 12.5. The smallest absolute Gasteiger partial charge is 0.152 e. The Balaban J connectivity index is 2.28. The van der Waals surface area contributed by atoms with Gasteiger partial charge in [-0.3, -0.25) is 9.69 Å². The zero-order valence-corrected chi connectivity index (χ0v) is 16.3. The fraction of sp³-hybridized carbons (Fsp3) is 0.944. The summed E-state index contributed by atoms with van der Waals surface area (Å²) in [6.45, 7) is 10.0. The van der Waals surface area contributed by atoms with Crippen molar-refractivity contribution in [1.82, 2.24) is 4.90 Å². The van der Waals surface area contributed by atoms with Crippen LogP contribution in [0, 0.1) is 11.8 Å². The second-order valence-corrected chi connectivity index (χ2v) is 9.93. The highest BCUT2D eigenvalue weighted by molar-refractivity contribution is 7.92. The van der Waals surface area contributed by atoms with Gasteiger partial charge in [-0.25, -0.2) is 8.42 Å². The van der Waals surface area contributed by atoms with Crippen molar-refractivity contribution < 1.29 is 17.9 Å². The molecule has 1 saturated heterocycles. The Morgan fingerprint density at radius 2 is 1.79 bits per heavy atom. The molecule has 24 heavy (non-hydrogen) atoms. The monoisotopic (exact) mass is 359 g/mol. The number of sulfone groups is 1. The minimum Gasteiger partial charge on any atom is -0.381 e. The van der Waals surface area contributed by atoms with Gasteiger partial charge in [-0.2, -0.15) is 0 Å². The molecule has 4 atom stereocenters. The van der Waals surface area contributed by atoms with Crippen LogP contribution in [0.1, 0.15) is 53.4 Å². The molecule has 1 aliphatic heterocycles. The lowest BCUT2D eigenvalue weighted by Gasteiger charge is -2.47. The summed E-state index contributed by atoms with van der Waals surface area (Å²) in [5, 5.41) is -0.383.